The number of rotatable bonds is 5. The van der Waals surface area contributed by atoms with Crippen LogP contribution in [0, 0.1) is 0 Å². The number of carbonyl (C=O) groups is 1. The third-order valence-electron chi connectivity index (χ3n) is 6.78. The van der Waals surface area contributed by atoms with Gasteiger partial charge in [0.05, 0.1) is 24.2 Å². The minimum Gasteiger partial charge on any atom is -0.444 e. The molecule has 2 aliphatic rings. The molecular weight excluding hydrogens is 487 g/mol. The van der Waals surface area contributed by atoms with Crippen LogP contribution in [0.25, 0.3) is 11.1 Å². The quantitative estimate of drug-likeness (QED) is 0.536. The van der Waals surface area contributed by atoms with Crippen molar-refractivity contribution in [2.24, 2.45) is 0 Å². The largest absolute Gasteiger partial charge is 0.444 e. The van der Waals surface area contributed by atoms with Gasteiger partial charge in [-0.2, -0.15) is 13.2 Å². The number of aromatic nitrogens is 3. The Hall–Kier alpha value is -2.82. The van der Waals surface area contributed by atoms with Crippen molar-refractivity contribution in [3.63, 3.8) is 0 Å². The van der Waals surface area contributed by atoms with E-state index in [0.717, 1.165) is 35.2 Å². The lowest BCUT2D eigenvalue weighted by molar-refractivity contribution is -0.136. The number of fused-ring (bicyclic) bond motifs is 1. The van der Waals surface area contributed by atoms with Gasteiger partial charge in [0.25, 0.3) is 0 Å². The van der Waals surface area contributed by atoms with E-state index in [1.807, 2.05) is 26.8 Å². The van der Waals surface area contributed by atoms with Crippen molar-refractivity contribution in [1.82, 2.24) is 19.5 Å². The molecule has 204 valence electrons. The van der Waals surface area contributed by atoms with Gasteiger partial charge in [0.1, 0.15) is 5.60 Å². The van der Waals surface area contributed by atoms with Crippen LogP contribution in [0.1, 0.15) is 83.4 Å². The van der Waals surface area contributed by atoms with E-state index >= 15 is 0 Å². The lowest BCUT2D eigenvalue weighted by Crippen LogP contribution is -2.39. The molecule has 4 rings (SSSR count). The van der Waals surface area contributed by atoms with Gasteiger partial charge in [0, 0.05) is 36.3 Å². The summed E-state index contributed by atoms with van der Waals surface area (Å²) in [4.78, 5) is 18.5. The van der Waals surface area contributed by atoms with Gasteiger partial charge in [0.2, 0.25) is 5.95 Å². The van der Waals surface area contributed by atoms with Crippen LogP contribution >= 0.6 is 0 Å². The number of ether oxygens (including phenoxy) is 1. The number of anilines is 1. The highest BCUT2D eigenvalue weighted by Gasteiger charge is 2.31. The first kappa shape index (κ1) is 27.2. The fourth-order valence-corrected chi connectivity index (χ4v) is 5.03. The highest BCUT2D eigenvalue weighted by atomic mass is 19.4. The van der Waals surface area contributed by atoms with Crippen LogP contribution in [-0.2, 0) is 4.74 Å². The first-order valence-electron chi connectivity index (χ1n) is 12.9. The Balaban J connectivity index is 1.62. The molecule has 1 saturated carbocycles. The number of amides is 1. The maximum atomic E-state index is 12.8. The van der Waals surface area contributed by atoms with Crippen molar-refractivity contribution >= 4 is 23.1 Å². The molecule has 2 N–H and O–H groups in total. The molecule has 8 nitrogen and oxygen atoms in total. The molecular formula is C26H36F3N5O3. The van der Waals surface area contributed by atoms with E-state index in [0.29, 0.717) is 32.4 Å². The summed E-state index contributed by atoms with van der Waals surface area (Å²) in [6.45, 7) is 7.89. The van der Waals surface area contributed by atoms with E-state index in [1.165, 1.54) is 6.92 Å². The minimum absolute atomic E-state index is 0.136. The van der Waals surface area contributed by atoms with Crippen LogP contribution in [0.15, 0.2) is 18.3 Å². The molecule has 2 aromatic heterocycles. The number of aliphatic hydroxyl groups excluding tert-OH is 1. The second kappa shape index (κ2) is 10.5. The Kier molecular flexibility index (Phi) is 7.73. The van der Waals surface area contributed by atoms with Gasteiger partial charge in [-0.15, -0.1) is 5.10 Å². The van der Waals surface area contributed by atoms with Crippen molar-refractivity contribution in [1.29, 1.82) is 0 Å². The van der Waals surface area contributed by atoms with Gasteiger partial charge in [0.15, 0.2) is 0 Å². The average molecular weight is 524 g/mol. The van der Waals surface area contributed by atoms with Gasteiger partial charge < -0.3 is 20.1 Å². The SMILES string of the molecule is C[C@@H](CC(F)(F)F)Nc1ncc2c(C3=CCN(C(=O)OC(C)(C)C)CC3)cc([C@H]3CC[C@H](O)CC3)n2n1. The Morgan fingerprint density at radius 2 is 1.95 bits per heavy atom. The van der Waals surface area contributed by atoms with Gasteiger partial charge in [-0.1, -0.05) is 6.08 Å². The van der Waals surface area contributed by atoms with Gasteiger partial charge in [-0.3, -0.25) is 0 Å². The van der Waals surface area contributed by atoms with Crippen molar-refractivity contribution in [3.05, 3.63) is 29.6 Å². The Morgan fingerprint density at radius 1 is 1.24 bits per heavy atom. The van der Waals surface area contributed by atoms with Crippen molar-refractivity contribution in [2.75, 3.05) is 18.4 Å². The van der Waals surface area contributed by atoms with Crippen molar-refractivity contribution in [2.45, 2.75) is 96.1 Å². The zero-order valence-electron chi connectivity index (χ0n) is 21.8. The second-order valence-electron chi connectivity index (χ2n) is 11.1. The fraction of sp³-hybridized carbons (Fsp3) is 0.654. The van der Waals surface area contributed by atoms with Gasteiger partial charge >= 0.3 is 12.3 Å². The summed E-state index contributed by atoms with van der Waals surface area (Å²) in [7, 11) is 0. The number of hydrogen-bond acceptors (Lipinski definition) is 6. The van der Waals surface area contributed by atoms with Crippen LogP contribution in [-0.4, -0.2) is 67.7 Å². The summed E-state index contributed by atoms with van der Waals surface area (Å²) in [6, 6.07) is 1.21. The third kappa shape index (κ3) is 6.94. The predicted octanol–water partition coefficient (Wildman–Crippen LogP) is 5.52. The zero-order chi connectivity index (χ0) is 27.0. The number of halogens is 3. The normalized spacial score (nSPS) is 22.1. The molecule has 0 bridgehead atoms. The second-order valence-corrected chi connectivity index (χ2v) is 11.1. The average Bonchev–Trinajstić information content (AvgIpc) is 3.16. The van der Waals surface area contributed by atoms with E-state index in [9.17, 15) is 23.1 Å². The number of hydrogen-bond donors (Lipinski definition) is 2. The van der Waals surface area contributed by atoms with Crippen LogP contribution in [0.5, 0.6) is 0 Å². The summed E-state index contributed by atoms with van der Waals surface area (Å²) >= 11 is 0. The molecule has 1 amide bonds. The lowest BCUT2D eigenvalue weighted by atomic mass is 9.85. The number of alkyl halides is 3. The number of aliphatic hydroxyl groups is 1. The standard InChI is InChI=1S/C26H36F3N5O3/c1-16(14-26(27,28)29)31-23-30-15-22-20(13-21(34(22)32-23)18-5-7-19(35)8-6-18)17-9-11-33(12-10-17)24(36)37-25(2,3)4/h9,13,15-16,18-19,35H,5-8,10-12,14H2,1-4H3,(H,31,32)/t16-,18-,19-/m0/s1. The van der Waals surface area contributed by atoms with Crippen molar-refractivity contribution in [3.8, 4) is 0 Å². The number of nitrogens with one attached hydrogen (secondary N) is 1. The van der Waals surface area contributed by atoms with Gasteiger partial charge in [-0.05, 0) is 71.4 Å². The monoisotopic (exact) mass is 523 g/mol. The smallest absolute Gasteiger partial charge is 0.410 e. The Morgan fingerprint density at radius 3 is 2.54 bits per heavy atom. The summed E-state index contributed by atoms with van der Waals surface area (Å²) in [5.74, 6) is 0.305. The highest BCUT2D eigenvalue weighted by molar-refractivity contribution is 5.81. The van der Waals surface area contributed by atoms with Crippen LogP contribution in [0.3, 0.4) is 0 Å². The van der Waals surface area contributed by atoms with Crippen LogP contribution < -0.4 is 5.32 Å². The fourth-order valence-electron chi connectivity index (χ4n) is 5.03. The molecule has 0 unspecified atom stereocenters. The molecule has 1 fully saturated rings. The van der Waals surface area contributed by atoms with Crippen molar-refractivity contribution < 1.29 is 27.8 Å². The maximum Gasteiger partial charge on any atom is 0.410 e. The summed E-state index contributed by atoms with van der Waals surface area (Å²) in [6.07, 6.45) is 1.34. The Labute approximate surface area is 214 Å². The molecule has 0 aromatic carbocycles. The molecule has 1 aliphatic heterocycles. The first-order chi connectivity index (χ1) is 17.3. The van der Waals surface area contributed by atoms with E-state index in [2.05, 4.69) is 21.5 Å². The topological polar surface area (TPSA) is 92.0 Å². The summed E-state index contributed by atoms with van der Waals surface area (Å²) in [5, 5.41) is 17.4. The molecule has 1 aliphatic carbocycles. The summed E-state index contributed by atoms with van der Waals surface area (Å²) < 4.78 is 45.7. The minimum atomic E-state index is -4.29. The zero-order valence-corrected chi connectivity index (χ0v) is 21.8. The molecule has 0 spiro atoms. The van der Waals surface area contributed by atoms with E-state index in [1.54, 1.807) is 15.6 Å². The van der Waals surface area contributed by atoms with E-state index in [-0.39, 0.29) is 24.1 Å². The van der Waals surface area contributed by atoms with Crippen LogP contribution in [0.4, 0.5) is 23.9 Å². The molecule has 37 heavy (non-hydrogen) atoms. The molecule has 0 saturated heterocycles. The highest BCUT2D eigenvalue weighted by Crippen LogP contribution is 2.37. The van der Waals surface area contributed by atoms with Gasteiger partial charge in [-0.25, -0.2) is 14.3 Å². The molecule has 0 radical (unpaired) electrons. The predicted molar refractivity (Wildman–Crippen MR) is 134 cm³/mol. The lowest BCUT2D eigenvalue weighted by Gasteiger charge is -2.29. The number of nitrogens with zero attached hydrogens (tertiary/aromatic N) is 4. The first-order valence-corrected chi connectivity index (χ1v) is 12.9. The molecule has 11 heteroatoms. The van der Waals surface area contributed by atoms with Crippen LogP contribution in [0.2, 0.25) is 0 Å². The number of carbonyl (C=O) groups excluding carboxylic acids is 1. The maximum absolute atomic E-state index is 12.8. The third-order valence-corrected chi connectivity index (χ3v) is 6.78. The van der Waals surface area contributed by atoms with E-state index in [4.69, 9.17) is 4.74 Å². The molecule has 3 heterocycles. The Bertz CT molecular complexity index is 1150. The molecule has 1 atom stereocenters. The summed E-state index contributed by atoms with van der Waals surface area (Å²) in [5.41, 5.74) is 3.19. The molecule has 2 aromatic rings. The van der Waals surface area contributed by atoms with E-state index < -0.39 is 24.2 Å².